The van der Waals surface area contributed by atoms with Crippen molar-refractivity contribution in [2.75, 3.05) is 19.0 Å². The second-order valence-electron chi connectivity index (χ2n) is 5.03. The topological polar surface area (TPSA) is 63.4 Å². The zero-order valence-corrected chi connectivity index (χ0v) is 14.5. The van der Waals surface area contributed by atoms with E-state index in [-0.39, 0.29) is 9.92 Å². The second-order valence-corrected chi connectivity index (χ2v) is 7.91. The van der Waals surface area contributed by atoms with Crippen molar-refractivity contribution in [1.82, 2.24) is 0 Å². The van der Waals surface area contributed by atoms with Crippen LogP contribution in [-0.4, -0.2) is 22.5 Å². The van der Waals surface area contributed by atoms with Gasteiger partial charge in [-0.25, -0.2) is 8.42 Å². The number of hydrogen-bond acceptors (Lipinski definition) is 4. The van der Waals surface area contributed by atoms with Crippen LogP contribution in [0.1, 0.15) is 10.9 Å². The molecule has 0 fully saturated rings. The lowest BCUT2D eigenvalue weighted by molar-refractivity contribution is 0.584. The molecule has 2 aromatic rings. The molecule has 2 rings (SSSR count). The molecule has 7 heteroatoms. The van der Waals surface area contributed by atoms with Crippen LogP contribution in [0.2, 0.25) is 10.0 Å². The lowest BCUT2D eigenvalue weighted by atomic mass is 10.2. The fourth-order valence-corrected chi connectivity index (χ4v) is 4.09. The Kier molecular flexibility index (Phi) is 5.02. The van der Waals surface area contributed by atoms with E-state index in [0.717, 1.165) is 5.69 Å². The van der Waals surface area contributed by atoms with Crippen molar-refractivity contribution in [2.24, 2.45) is 5.73 Å². The largest absolute Gasteiger partial charge is 0.378 e. The van der Waals surface area contributed by atoms with Gasteiger partial charge in [-0.05, 0) is 35.9 Å². The fraction of sp³-hybridized carbons (Fsp3) is 0.200. The number of sulfone groups is 1. The summed E-state index contributed by atoms with van der Waals surface area (Å²) in [5.41, 5.74) is 7.40. The standard InChI is InChI=1S/C15H16Cl2N2O2S/c1-19(2)12-6-3-10(4-7-12)15(18)22(20,21)14-8-5-11(16)9-13(14)17/h3-9,15H,18H2,1-2H3. The Morgan fingerprint density at radius 3 is 2.14 bits per heavy atom. The van der Waals surface area contributed by atoms with Crippen molar-refractivity contribution in [3.05, 3.63) is 58.1 Å². The van der Waals surface area contributed by atoms with E-state index in [1.165, 1.54) is 18.2 Å². The smallest absolute Gasteiger partial charge is 0.199 e. The maximum absolute atomic E-state index is 12.6. The summed E-state index contributed by atoms with van der Waals surface area (Å²) in [5, 5.41) is -0.761. The van der Waals surface area contributed by atoms with E-state index in [1.807, 2.05) is 31.1 Å². The van der Waals surface area contributed by atoms with Crippen molar-refractivity contribution in [3.63, 3.8) is 0 Å². The van der Waals surface area contributed by atoms with Gasteiger partial charge in [-0.1, -0.05) is 35.3 Å². The number of hydrogen-bond donors (Lipinski definition) is 1. The molecule has 118 valence electrons. The second kappa shape index (κ2) is 6.46. The lowest BCUT2D eigenvalue weighted by Gasteiger charge is -2.17. The molecule has 2 aromatic carbocycles. The molecule has 0 aromatic heterocycles. The highest BCUT2D eigenvalue weighted by Gasteiger charge is 2.27. The fourth-order valence-electron chi connectivity index (χ4n) is 1.98. The minimum Gasteiger partial charge on any atom is -0.378 e. The van der Waals surface area contributed by atoms with Crippen LogP contribution in [0.15, 0.2) is 47.4 Å². The predicted molar refractivity (Wildman–Crippen MR) is 91.3 cm³/mol. The molecule has 0 saturated carbocycles. The highest BCUT2D eigenvalue weighted by atomic mass is 35.5. The van der Waals surface area contributed by atoms with E-state index in [1.54, 1.807) is 12.1 Å². The summed E-state index contributed by atoms with van der Waals surface area (Å²) in [5.74, 6) is 0. The maximum atomic E-state index is 12.6. The zero-order valence-electron chi connectivity index (χ0n) is 12.1. The Labute approximate surface area is 140 Å². The van der Waals surface area contributed by atoms with Crippen molar-refractivity contribution in [2.45, 2.75) is 10.3 Å². The minimum absolute atomic E-state index is 0.0252. The molecule has 1 atom stereocenters. The number of benzene rings is 2. The normalized spacial score (nSPS) is 13.0. The molecular weight excluding hydrogens is 343 g/mol. The molecule has 0 aliphatic carbocycles. The van der Waals surface area contributed by atoms with E-state index in [0.29, 0.717) is 10.6 Å². The average molecular weight is 359 g/mol. The van der Waals surface area contributed by atoms with Gasteiger partial charge in [0.15, 0.2) is 9.84 Å². The molecule has 4 nitrogen and oxygen atoms in total. The van der Waals surface area contributed by atoms with Gasteiger partial charge in [0.05, 0.1) is 9.92 Å². The minimum atomic E-state index is -3.80. The molecule has 0 bridgehead atoms. The first-order valence-electron chi connectivity index (χ1n) is 6.45. The Balaban J connectivity index is 2.40. The highest BCUT2D eigenvalue weighted by molar-refractivity contribution is 7.91. The third kappa shape index (κ3) is 3.38. The van der Waals surface area contributed by atoms with Gasteiger partial charge in [0.2, 0.25) is 0 Å². The quantitative estimate of drug-likeness (QED) is 0.908. The molecule has 22 heavy (non-hydrogen) atoms. The van der Waals surface area contributed by atoms with E-state index in [9.17, 15) is 8.42 Å². The average Bonchev–Trinajstić information content (AvgIpc) is 2.46. The first-order chi connectivity index (χ1) is 10.2. The molecule has 0 aliphatic rings. The number of nitrogens with two attached hydrogens (primary N) is 1. The highest BCUT2D eigenvalue weighted by Crippen LogP contribution is 2.32. The van der Waals surface area contributed by atoms with Gasteiger partial charge in [-0.15, -0.1) is 0 Å². The summed E-state index contributed by atoms with van der Waals surface area (Å²) >= 11 is 11.8. The Morgan fingerprint density at radius 1 is 1.05 bits per heavy atom. The first-order valence-corrected chi connectivity index (χ1v) is 8.75. The Bertz CT molecular complexity index is 775. The van der Waals surface area contributed by atoms with Crippen molar-refractivity contribution in [1.29, 1.82) is 0 Å². The van der Waals surface area contributed by atoms with Crippen LogP contribution >= 0.6 is 23.2 Å². The van der Waals surface area contributed by atoms with Crippen LogP contribution in [0.5, 0.6) is 0 Å². The molecule has 0 radical (unpaired) electrons. The van der Waals surface area contributed by atoms with Crippen LogP contribution < -0.4 is 10.6 Å². The number of nitrogens with zero attached hydrogens (tertiary/aromatic N) is 1. The SMILES string of the molecule is CN(C)c1ccc(C(N)S(=O)(=O)c2ccc(Cl)cc2Cl)cc1. The van der Waals surface area contributed by atoms with E-state index >= 15 is 0 Å². The zero-order chi connectivity index (χ0) is 16.5. The van der Waals surface area contributed by atoms with E-state index in [4.69, 9.17) is 28.9 Å². The molecular formula is C15H16Cl2N2O2S. The molecule has 0 spiro atoms. The molecule has 2 N–H and O–H groups in total. The van der Waals surface area contributed by atoms with Crippen LogP contribution in [-0.2, 0) is 9.84 Å². The van der Waals surface area contributed by atoms with Gasteiger partial charge in [0.1, 0.15) is 5.37 Å². The van der Waals surface area contributed by atoms with E-state index < -0.39 is 15.2 Å². The number of anilines is 1. The summed E-state index contributed by atoms with van der Waals surface area (Å²) in [6, 6.07) is 11.2. The third-order valence-corrected chi connectivity index (χ3v) is 5.84. The first kappa shape index (κ1) is 17.1. The third-order valence-electron chi connectivity index (χ3n) is 3.27. The number of halogens is 2. The van der Waals surface area contributed by atoms with Crippen LogP contribution in [0, 0.1) is 0 Å². The van der Waals surface area contributed by atoms with E-state index in [2.05, 4.69) is 0 Å². The van der Waals surface area contributed by atoms with Gasteiger partial charge in [0, 0.05) is 24.8 Å². The summed E-state index contributed by atoms with van der Waals surface area (Å²) < 4.78 is 25.2. The number of rotatable bonds is 4. The van der Waals surface area contributed by atoms with Gasteiger partial charge in [-0.3, -0.25) is 0 Å². The van der Waals surface area contributed by atoms with Gasteiger partial charge < -0.3 is 10.6 Å². The maximum Gasteiger partial charge on any atom is 0.199 e. The van der Waals surface area contributed by atoms with Gasteiger partial charge in [0.25, 0.3) is 0 Å². The van der Waals surface area contributed by atoms with Crippen LogP contribution in [0.25, 0.3) is 0 Å². The molecule has 0 amide bonds. The van der Waals surface area contributed by atoms with Crippen LogP contribution in [0.4, 0.5) is 5.69 Å². The molecule has 0 aliphatic heterocycles. The van der Waals surface area contributed by atoms with Crippen molar-refractivity contribution >= 4 is 38.7 Å². The molecule has 0 heterocycles. The summed E-state index contributed by atoms with van der Waals surface area (Å²) in [4.78, 5) is 1.89. The monoisotopic (exact) mass is 358 g/mol. The molecule has 0 saturated heterocycles. The van der Waals surface area contributed by atoms with Crippen LogP contribution in [0.3, 0.4) is 0 Å². The summed E-state index contributed by atoms with van der Waals surface area (Å²) in [6.45, 7) is 0. The van der Waals surface area contributed by atoms with Gasteiger partial charge in [-0.2, -0.15) is 0 Å². The predicted octanol–water partition coefficient (Wildman–Crippen LogP) is 3.49. The lowest BCUT2D eigenvalue weighted by Crippen LogP contribution is -2.22. The Hall–Kier alpha value is -1.27. The van der Waals surface area contributed by atoms with Crippen molar-refractivity contribution < 1.29 is 8.42 Å². The summed E-state index contributed by atoms with van der Waals surface area (Å²) in [6.07, 6.45) is 0. The Morgan fingerprint density at radius 2 is 1.64 bits per heavy atom. The van der Waals surface area contributed by atoms with Crippen molar-refractivity contribution in [3.8, 4) is 0 Å². The molecule has 1 unspecified atom stereocenters. The van der Waals surface area contributed by atoms with Gasteiger partial charge >= 0.3 is 0 Å². The summed E-state index contributed by atoms with van der Waals surface area (Å²) in [7, 11) is 0.00491.